The van der Waals surface area contributed by atoms with Gasteiger partial charge in [-0.25, -0.2) is 14.4 Å². The Morgan fingerprint density at radius 1 is 1.30 bits per heavy atom. The highest BCUT2D eigenvalue weighted by Gasteiger charge is 2.30. The Labute approximate surface area is 178 Å². The van der Waals surface area contributed by atoms with Crippen molar-refractivity contribution in [1.82, 2.24) is 20.4 Å². The van der Waals surface area contributed by atoms with Crippen molar-refractivity contribution in [1.29, 1.82) is 0 Å². The quantitative estimate of drug-likeness (QED) is 0.648. The molecule has 2 aromatic heterocycles. The molecule has 0 radical (unpaired) electrons. The molecule has 162 valence electrons. The zero-order valence-corrected chi connectivity index (χ0v) is 18.5. The van der Waals surface area contributed by atoms with Gasteiger partial charge in [0.25, 0.3) is 0 Å². The van der Waals surface area contributed by atoms with Gasteiger partial charge in [0.2, 0.25) is 0 Å². The van der Waals surface area contributed by atoms with Crippen LogP contribution in [-0.4, -0.2) is 47.0 Å². The van der Waals surface area contributed by atoms with Gasteiger partial charge in [-0.2, -0.15) is 5.10 Å². The molecule has 0 spiro atoms. The summed E-state index contributed by atoms with van der Waals surface area (Å²) in [5.41, 5.74) is 1.32. The average Bonchev–Trinajstić information content (AvgIpc) is 3.20. The van der Waals surface area contributed by atoms with Crippen LogP contribution in [0.2, 0.25) is 0 Å². The molecule has 0 unspecified atom stereocenters. The van der Waals surface area contributed by atoms with Gasteiger partial charge in [-0.1, -0.05) is 13.8 Å². The zero-order valence-electron chi connectivity index (χ0n) is 17.7. The molecule has 1 atom stereocenters. The Kier molecular flexibility index (Phi) is 6.45. The molecule has 10 heteroatoms. The third kappa shape index (κ3) is 4.48. The highest BCUT2D eigenvalue weighted by atomic mass is 32.1. The maximum atomic E-state index is 12.7. The van der Waals surface area contributed by atoms with Crippen molar-refractivity contribution in [2.75, 3.05) is 13.2 Å². The molecule has 0 bridgehead atoms. The van der Waals surface area contributed by atoms with Crippen molar-refractivity contribution >= 4 is 39.5 Å². The highest BCUT2D eigenvalue weighted by molar-refractivity contribution is 7.20. The van der Waals surface area contributed by atoms with Crippen molar-refractivity contribution in [3.05, 3.63) is 27.9 Å². The van der Waals surface area contributed by atoms with E-state index in [-0.39, 0.29) is 24.5 Å². The standard InChI is InChI=1S/C20H26N4O5S/c1-6-28-19(26)16-12(5)21-20(27)22-14(16)9-29-18(25)15-7-13-11(4)23-24(8-10(2)3)17(13)30-15/h7,10,12H,6,8-9H2,1-5H3,(H2,21,22,27)/t12-/m0/s1. The lowest BCUT2D eigenvalue weighted by Crippen LogP contribution is -2.50. The topological polar surface area (TPSA) is 112 Å². The molecule has 2 N–H and O–H groups in total. The van der Waals surface area contributed by atoms with Gasteiger partial charge in [0.1, 0.15) is 16.3 Å². The molecule has 0 saturated heterocycles. The van der Waals surface area contributed by atoms with E-state index in [1.165, 1.54) is 11.3 Å². The first-order valence-electron chi connectivity index (χ1n) is 9.83. The number of carbonyl (C=O) groups excluding carboxylic acids is 3. The van der Waals surface area contributed by atoms with Crippen LogP contribution in [0.5, 0.6) is 0 Å². The molecule has 9 nitrogen and oxygen atoms in total. The number of hydrogen-bond acceptors (Lipinski definition) is 7. The number of carbonyl (C=O) groups is 3. The minimum absolute atomic E-state index is 0.199. The number of aromatic nitrogens is 2. The summed E-state index contributed by atoms with van der Waals surface area (Å²) in [6.07, 6.45) is 0. The Morgan fingerprint density at radius 3 is 2.70 bits per heavy atom. The maximum Gasteiger partial charge on any atom is 0.348 e. The van der Waals surface area contributed by atoms with Crippen LogP contribution in [0.1, 0.15) is 43.1 Å². The van der Waals surface area contributed by atoms with E-state index in [0.717, 1.165) is 22.5 Å². The van der Waals surface area contributed by atoms with Crippen molar-refractivity contribution in [3.63, 3.8) is 0 Å². The lowest BCUT2D eigenvalue weighted by Gasteiger charge is -2.26. The second-order valence-electron chi connectivity index (χ2n) is 7.50. The SMILES string of the molecule is CCOC(=O)C1=C(COC(=O)c2cc3c(C)nn(CC(C)C)c3s2)NC(=O)N[C@H]1C. The number of nitrogens with zero attached hydrogens (tertiary/aromatic N) is 2. The smallest absolute Gasteiger partial charge is 0.348 e. The number of nitrogens with one attached hydrogen (secondary N) is 2. The monoisotopic (exact) mass is 434 g/mol. The third-order valence-electron chi connectivity index (χ3n) is 4.56. The van der Waals surface area contributed by atoms with E-state index in [4.69, 9.17) is 9.47 Å². The van der Waals surface area contributed by atoms with Crippen molar-refractivity contribution in [2.24, 2.45) is 5.92 Å². The second-order valence-corrected chi connectivity index (χ2v) is 8.53. The van der Waals surface area contributed by atoms with Crippen LogP contribution in [-0.2, 0) is 20.8 Å². The van der Waals surface area contributed by atoms with Crippen LogP contribution in [0.25, 0.3) is 10.2 Å². The molecule has 1 aliphatic heterocycles. The van der Waals surface area contributed by atoms with E-state index in [2.05, 4.69) is 29.6 Å². The first-order chi connectivity index (χ1) is 14.2. The van der Waals surface area contributed by atoms with E-state index >= 15 is 0 Å². The number of esters is 2. The fraction of sp³-hybridized carbons (Fsp3) is 0.500. The van der Waals surface area contributed by atoms with Crippen LogP contribution in [0.3, 0.4) is 0 Å². The van der Waals surface area contributed by atoms with Gasteiger partial charge >= 0.3 is 18.0 Å². The predicted molar refractivity (Wildman–Crippen MR) is 112 cm³/mol. The van der Waals surface area contributed by atoms with Crippen LogP contribution < -0.4 is 10.6 Å². The number of rotatable bonds is 7. The van der Waals surface area contributed by atoms with Crippen molar-refractivity contribution in [2.45, 2.75) is 47.2 Å². The minimum atomic E-state index is -0.560. The molecular weight excluding hydrogens is 408 g/mol. The largest absolute Gasteiger partial charge is 0.463 e. The van der Waals surface area contributed by atoms with Gasteiger partial charge in [-0.05, 0) is 32.8 Å². The summed E-state index contributed by atoms with van der Waals surface area (Å²) in [5, 5.41) is 10.6. The Balaban J connectivity index is 1.80. The van der Waals surface area contributed by atoms with Gasteiger partial charge < -0.3 is 20.1 Å². The van der Waals surface area contributed by atoms with E-state index in [9.17, 15) is 14.4 Å². The molecular formula is C20H26N4O5S. The predicted octanol–water partition coefficient (Wildman–Crippen LogP) is 2.74. The number of thiophene rings is 1. The van der Waals surface area contributed by atoms with E-state index in [1.54, 1.807) is 19.9 Å². The van der Waals surface area contributed by atoms with E-state index in [1.807, 2.05) is 11.6 Å². The first kappa shape index (κ1) is 21.8. The minimum Gasteiger partial charge on any atom is -0.463 e. The van der Waals surface area contributed by atoms with Crippen molar-refractivity contribution < 1.29 is 23.9 Å². The number of aryl methyl sites for hydroxylation is 1. The van der Waals surface area contributed by atoms with Crippen LogP contribution in [0.15, 0.2) is 17.3 Å². The zero-order chi connectivity index (χ0) is 22.0. The van der Waals surface area contributed by atoms with E-state index in [0.29, 0.717) is 10.8 Å². The molecule has 0 fully saturated rings. The highest BCUT2D eigenvalue weighted by Crippen LogP contribution is 2.29. The van der Waals surface area contributed by atoms with Gasteiger partial charge in [0.15, 0.2) is 0 Å². The summed E-state index contributed by atoms with van der Waals surface area (Å²) in [7, 11) is 0. The normalized spacial score (nSPS) is 16.6. The van der Waals surface area contributed by atoms with Crippen molar-refractivity contribution in [3.8, 4) is 0 Å². The fourth-order valence-electron chi connectivity index (χ4n) is 3.29. The first-order valence-corrected chi connectivity index (χ1v) is 10.6. The Morgan fingerprint density at radius 2 is 2.03 bits per heavy atom. The average molecular weight is 435 g/mol. The van der Waals surface area contributed by atoms with Gasteiger partial charge in [0.05, 0.1) is 29.6 Å². The summed E-state index contributed by atoms with van der Waals surface area (Å²) in [6, 6.07) is 0.750. The number of hydrogen-bond donors (Lipinski definition) is 2. The summed E-state index contributed by atoms with van der Waals surface area (Å²) in [6.45, 7) is 10.2. The summed E-state index contributed by atoms with van der Waals surface area (Å²) >= 11 is 1.32. The fourth-order valence-corrected chi connectivity index (χ4v) is 4.35. The molecule has 30 heavy (non-hydrogen) atoms. The number of amides is 2. The third-order valence-corrected chi connectivity index (χ3v) is 5.69. The Bertz CT molecular complexity index is 1020. The second kappa shape index (κ2) is 8.86. The lowest BCUT2D eigenvalue weighted by molar-refractivity contribution is -0.139. The van der Waals surface area contributed by atoms with Crippen LogP contribution in [0, 0.1) is 12.8 Å². The number of ether oxygens (including phenoxy) is 2. The van der Waals surface area contributed by atoms with Crippen LogP contribution >= 0.6 is 11.3 Å². The molecule has 0 aromatic carbocycles. The molecule has 2 aromatic rings. The molecule has 1 aliphatic rings. The Hall–Kier alpha value is -2.88. The molecule has 3 heterocycles. The maximum absolute atomic E-state index is 12.7. The molecule has 0 saturated carbocycles. The van der Waals surface area contributed by atoms with Gasteiger partial charge in [0, 0.05) is 11.9 Å². The summed E-state index contributed by atoms with van der Waals surface area (Å²) < 4.78 is 12.4. The van der Waals surface area contributed by atoms with Gasteiger partial charge in [-0.3, -0.25) is 4.68 Å². The molecule has 3 rings (SSSR count). The molecule has 0 aliphatic carbocycles. The van der Waals surface area contributed by atoms with Gasteiger partial charge in [-0.15, -0.1) is 11.3 Å². The number of fused-ring (bicyclic) bond motifs is 1. The number of urea groups is 1. The van der Waals surface area contributed by atoms with Crippen LogP contribution in [0.4, 0.5) is 4.79 Å². The molecule has 2 amide bonds. The summed E-state index contributed by atoms with van der Waals surface area (Å²) in [5.74, 6) is -0.665. The summed E-state index contributed by atoms with van der Waals surface area (Å²) in [4.78, 5) is 38.1. The van der Waals surface area contributed by atoms with E-state index < -0.39 is 24.0 Å². The lowest BCUT2D eigenvalue weighted by atomic mass is 10.0.